The number of anilines is 1. The van der Waals surface area contributed by atoms with Gasteiger partial charge in [-0.05, 0) is 12.3 Å². The molecule has 1 heterocycles. The fourth-order valence-corrected chi connectivity index (χ4v) is 1.91. The molecule has 0 aromatic carbocycles. The zero-order valence-corrected chi connectivity index (χ0v) is 12.2. The van der Waals surface area contributed by atoms with Gasteiger partial charge < -0.3 is 10.4 Å². The summed E-state index contributed by atoms with van der Waals surface area (Å²) in [5.74, 6) is 2.13. The summed E-state index contributed by atoms with van der Waals surface area (Å²) in [7, 11) is 0. The van der Waals surface area contributed by atoms with Crippen molar-refractivity contribution in [2.75, 3.05) is 11.9 Å². The Balaban J connectivity index is 2.82. The first-order chi connectivity index (χ1) is 8.42. The number of aliphatic hydroxyl groups excluding tert-OH is 1. The van der Waals surface area contributed by atoms with Crippen LogP contribution in [0.15, 0.2) is 6.07 Å². The number of halogens is 1. The maximum absolute atomic E-state index is 9.35. The lowest BCUT2D eigenvalue weighted by Gasteiger charge is -2.19. The van der Waals surface area contributed by atoms with Gasteiger partial charge >= 0.3 is 0 Å². The molecule has 1 unspecified atom stereocenters. The molecule has 18 heavy (non-hydrogen) atoms. The maximum Gasteiger partial charge on any atom is 0.135 e. The normalized spacial score (nSPS) is 13.1. The van der Waals surface area contributed by atoms with Gasteiger partial charge in [0.05, 0.1) is 12.6 Å². The Bertz CT molecular complexity index is 382. The van der Waals surface area contributed by atoms with Crippen molar-refractivity contribution >= 4 is 17.4 Å². The summed E-state index contributed by atoms with van der Waals surface area (Å²) >= 11 is 5.97. The van der Waals surface area contributed by atoms with E-state index in [1.807, 2.05) is 13.8 Å². The molecule has 0 aliphatic carbocycles. The molecule has 102 valence electrons. The van der Waals surface area contributed by atoms with Crippen LogP contribution in [-0.2, 0) is 0 Å². The highest BCUT2D eigenvalue weighted by atomic mass is 35.5. The highest BCUT2D eigenvalue weighted by molar-refractivity contribution is 6.29. The molecule has 0 saturated carbocycles. The predicted octanol–water partition coefficient (Wildman–Crippen LogP) is 3.07. The van der Waals surface area contributed by atoms with Gasteiger partial charge in [0.15, 0.2) is 0 Å². The van der Waals surface area contributed by atoms with Gasteiger partial charge in [0, 0.05) is 12.0 Å². The van der Waals surface area contributed by atoms with Gasteiger partial charge in [-0.3, -0.25) is 0 Å². The summed E-state index contributed by atoms with van der Waals surface area (Å²) in [5.41, 5.74) is 0. The summed E-state index contributed by atoms with van der Waals surface area (Å²) < 4.78 is 0. The molecule has 0 aliphatic rings. The summed E-state index contributed by atoms with van der Waals surface area (Å²) in [5, 5.41) is 13.0. The lowest BCUT2D eigenvalue weighted by atomic mass is 10.0. The third-order valence-corrected chi connectivity index (χ3v) is 2.75. The number of aromatic nitrogens is 2. The first-order valence-electron chi connectivity index (χ1n) is 6.34. The Morgan fingerprint density at radius 3 is 2.44 bits per heavy atom. The molecule has 5 heteroatoms. The van der Waals surface area contributed by atoms with Crippen LogP contribution >= 0.6 is 11.6 Å². The standard InChI is InChI=1S/C13H22ClN3O/c1-8(2)5-10(7-18)15-12-6-11(14)16-13(17-12)9(3)4/h6,8-10,18H,5,7H2,1-4H3,(H,15,16,17). The maximum atomic E-state index is 9.35. The number of rotatable bonds is 6. The molecule has 1 rings (SSSR count). The molecule has 1 aromatic rings. The third kappa shape index (κ3) is 4.78. The smallest absolute Gasteiger partial charge is 0.135 e. The van der Waals surface area contributed by atoms with Gasteiger partial charge in [0.2, 0.25) is 0 Å². The fourth-order valence-electron chi connectivity index (χ4n) is 1.72. The number of hydrogen-bond donors (Lipinski definition) is 2. The molecule has 0 spiro atoms. The Labute approximate surface area is 114 Å². The van der Waals surface area contributed by atoms with E-state index in [2.05, 4.69) is 29.1 Å². The van der Waals surface area contributed by atoms with E-state index in [0.717, 1.165) is 6.42 Å². The van der Waals surface area contributed by atoms with Gasteiger partial charge in [-0.15, -0.1) is 0 Å². The highest BCUT2D eigenvalue weighted by Crippen LogP contribution is 2.18. The fraction of sp³-hybridized carbons (Fsp3) is 0.692. The molecular weight excluding hydrogens is 250 g/mol. The van der Waals surface area contributed by atoms with E-state index in [4.69, 9.17) is 11.6 Å². The van der Waals surface area contributed by atoms with E-state index in [1.165, 1.54) is 0 Å². The van der Waals surface area contributed by atoms with Crippen LogP contribution < -0.4 is 5.32 Å². The van der Waals surface area contributed by atoms with Crippen LogP contribution in [0, 0.1) is 5.92 Å². The van der Waals surface area contributed by atoms with E-state index in [1.54, 1.807) is 6.07 Å². The average Bonchev–Trinajstić information content (AvgIpc) is 2.26. The molecule has 0 saturated heterocycles. The second-order valence-corrected chi connectivity index (χ2v) is 5.63. The highest BCUT2D eigenvalue weighted by Gasteiger charge is 2.12. The zero-order valence-electron chi connectivity index (χ0n) is 11.4. The monoisotopic (exact) mass is 271 g/mol. The van der Waals surface area contributed by atoms with Crippen LogP contribution in [0.1, 0.15) is 45.9 Å². The topological polar surface area (TPSA) is 58.0 Å². The molecule has 2 N–H and O–H groups in total. The number of nitrogens with one attached hydrogen (secondary N) is 1. The first-order valence-corrected chi connectivity index (χ1v) is 6.72. The van der Waals surface area contributed by atoms with Gasteiger partial charge in [0.25, 0.3) is 0 Å². The third-order valence-electron chi connectivity index (χ3n) is 2.56. The molecular formula is C13H22ClN3O. The Kier molecular flexibility index (Phi) is 5.82. The van der Waals surface area contributed by atoms with Crippen molar-refractivity contribution in [1.29, 1.82) is 0 Å². The van der Waals surface area contributed by atoms with E-state index in [9.17, 15) is 5.11 Å². The lowest BCUT2D eigenvalue weighted by Crippen LogP contribution is -2.26. The van der Waals surface area contributed by atoms with Gasteiger partial charge in [-0.1, -0.05) is 39.3 Å². The minimum Gasteiger partial charge on any atom is -0.394 e. The van der Waals surface area contributed by atoms with Crippen LogP contribution in [0.2, 0.25) is 5.15 Å². The van der Waals surface area contributed by atoms with E-state index >= 15 is 0 Å². The molecule has 0 aliphatic heterocycles. The molecule has 0 amide bonds. The van der Waals surface area contributed by atoms with Crippen molar-refractivity contribution in [3.8, 4) is 0 Å². The number of aliphatic hydroxyl groups is 1. The largest absolute Gasteiger partial charge is 0.394 e. The van der Waals surface area contributed by atoms with Crippen molar-refractivity contribution in [2.45, 2.75) is 46.1 Å². The molecule has 1 aromatic heterocycles. The minimum absolute atomic E-state index is 0.00372. The quantitative estimate of drug-likeness (QED) is 0.781. The van der Waals surface area contributed by atoms with Gasteiger partial charge in [0.1, 0.15) is 16.8 Å². The van der Waals surface area contributed by atoms with Crippen LogP contribution in [0.3, 0.4) is 0 Å². The van der Waals surface area contributed by atoms with Crippen LogP contribution in [0.25, 0.3) is 0 Å². The van der Waals surface area contributed by atoms with E-state index < -0.39 is 0 Å². The van der Waals surface area contributed by atoms with Gasteiger partial charge in [-0.25, -0.2) is 9.97 Å². The SMILES string of the molecule is CC(C)CC(CO)Nc1cc(Cl)nc(C(C)C)n1. The zero-order chi connectivity index (χ0) is 13.7. The summed E-state index contributed by atoms with van der Waals surface area (Å²) in [6.07, 6.45) is 0.884. The summed E-state index contributed by atoms with van der Waals surface area (Å²) in [6, 6.07) is 1.69. The summed E-state index contributed by atoms with van der Waals surface area (Å²) in [6.45, 7) is 8.37. The Morgan fingerprint density at radius 2 is 1.94 bits per heavy atom. The van der Waals surface area contributed by atoms with Crippen LogP contribution in [0.4, 0.5) is 5.82 Å². The van der Waals surface area contributed by atoms with Crippen molar-refractivity contribution < 1.29 is 5.11 Å². The van der Waals surface area contributed by atoms with E-state index in [0.29, 0.717) is 22.7 Å². The second-order valence-electron chi connectivity index (χ2n) is 5.24. The predicted molar refractivity (Wildman–Crippen MR) is 75.1 cm³/mol. The molecule has 4 nitrogen and oxygen atoms in total. The average molecular weight is 272 g/mol. The van der Waals surface area contributed by atoms with Crippen molar-refractivity contribution in [3.05, 3.63) is 17.0 Å². The van der Waals surface area contributed by atoms with Gasteiger partial charge in [-0.2, -0.15) is 0 Å². The molecule has 0 bridgehead atoms. The first kappa shape index (κ1) is 15.2. The van der Waals surface area contributed by atoms with Crippen molar-refractivity contribution in [2.24, 2.45) is 5.92 Å². The van der Waals surface area contributed by atoms with Crippen molar-refractivity contribution in [3.63, 3.8) is 0 Å². The molecule has 1 atom stereocenters. The van der Waals surface area contributed by atoms with Crippen molar-refractivity contribution in [1.82, 2.24) is 9.97 Å². The number of hydrogen-bond acceptors (Lipinski definition) is 4. The molecule has 0 radical (unpaired) electrons. The summed E-state index contributed by atoms with van der Waals surface area (Å²) in [4.78, 5) is 8.59. The lowest BCUT2D eigenvalue weighted by molar-refractivity contribution is 0.259. The Hall–Kier alpha value is -0.870. The minimum atomic E-state index is -0.00372. The second kappa shape index (κ2) is 6.90. The van der Waals surface area contributed by atoms with Crippen LogP contribution in [-0.4, -0.2) is 27.7 Å². The Morgan fingerprint density at radius 1 is 1.28 bits per heavy atom. The van der Waals surface area contributed by atoms with E-state index in [-0.39, 0.29) is 18.6 Å². The molecule has 0 fully saturated rings. The van der Waals surface area contributed by atoms with Crippen LogP contribution in [0.5, 0.6) is 0 Å². The number of nitrogens with zero attached hydrogens (tertiary/aromatic N) is 2.